The number of para-hydroxylation sites is 1. The summed E-state index contributed by atoms with van der Waals surface area (Å²) in [4.78, 5) is 8.13. The zero-order valence-electron chi connectivity index (χ0n) is 13.9. The number of nitrogens with one attached hydrogen (secondary N) is 2. The number of benzene rings is 1. The number of alkyl halides is 3. The van der Waals surface area contributed by atoms with Crippen LogP contribution >= 0.6 is 0 Å². The zero-order valence-corrected chi connectivity index (χ0v) is 13.9. The Labute approximate surface area is 148 Å². The molecule has 136 valence electrons. The van der Waals surface area contributed by atoms with Gasteiger partial charge in [-0.15, -0.1) is 0 Å². The number of hydrogen-bond donors (Lipinski definition) is 2. The number of fused-ring (bicyclic) bond motifs is 1. The highest BCUT2D eigenvalue weighted by atomic mass is 19.4. The van der Waals surface area contributed by atoms with Crippen LogP contribution in [0.1, 0.15) is 18.4 Å². The van der Waals surface area contributed by atoms with Crippen LogP contribution in [0.2, 0.25) is 0 Å². The first-order valence-corrected chi connectivity index (χ1v) is 8.50. The molecule has 0 bridgehead atoms. The van der Waals surface area contributed by atoms with Crippen molar-refractivity contribution in [3.63, 3.8) is 0 Å². The van der Waals surface area contributed by atoms with Crippen molar-refractivity contribution < 1.29 is 13.2 Å². The third-order valence-corrected chi connectivity index (χ3v) is 4.53. The number of halogens is 3. The molecule has 4 rings (SSSR count). The quantitative estimate of drug-likeness (QED) is 0.748. The maximum atomic E-state index is 13.5. The van der Waals surface area contributed by atoms with Gasteiger partial charge in [0.15, 0.2) is 5.82 Å². The Morgan fingerprint density at radius 3 is 2.81 bits per heavy atom. The lowest BCUT2D eigenvalue weighted by atomic mass is 10.1. The van der Waals surface area contributed by atoms with Gasteiger partial charge in [0.1, 0.15) is 5.56 Å². The Hall–Kier alpha value is -2.61. The standard InChI is InChI=1S/C18H18F3N5/c19-18(20,21)14-11-23-17(24-13-5-3-8-22-10-13)25-16(14)26-9-7-12-4-1-2-6-15(12)26/h1-2,4,6-7,9,11,13,22H,3,5,8,10H2,(H,23,24,25). The lowest BCUT2D eigenvalue weighted by Gasteiger charge is -2.24. The second-order valence-electron chi connectivity index (χ2n) is 6.36. The van der Waals surface area contributed by atoms with E-state index in [1.54, 1.807) is 24.4 Å². The summed E-state index contributed by atoms with van der Waals surface area (Å²) in [5, 5.41) is 7.25. The van der Waals surface area contributed by atoms with Crippen molar-refractivity contribution in [3.05, 3.63) is 48.3 Å². The van der Waals surface area contributed by atoms with Crippen LogP contribution in [0.4, 0.5) is 19.1 Å². The predicted molar refractivity (Wildman–Crippen MR) is 93.4 cm³/mol. The van der Waals surface area contributed by atoms with Gasteiger partial charge in [-0.25, -0.2) is 4.98 Å². The van der Waals surface area contributed by atoms with Gasteiger partial charge >= 0.3 is 6.18 Å². The predicted octanol–water partition coefficient (Wildman–Crippen LogP) is 3.60. The highest BCUT2D eigenvalue weighted by Gasteiger charge is 2.36. The van der Waals surface area contributed by atoms with Gasteiger partial charge in [0.05, 0.1) is 5.52 Å². The first-order chi connectivity index (χ1) is 12.5. The summed E-state index contributed by atoms with van der Waals surface area (Å²) in [5.74, 6) is 0.0412. The first-order valence-electron chi connectivity index (χ1n) is 8.50. The van der Waals surface area contributed by atoms with Crippen molar-refractivity contribution in [1.29, 1.82) is 0 Å². The van der Waals surface area contributed by atoms with Gasteiger partial charge in [-0.2, -0.15) is 18.2 Å². The lowest BCUT2D eigenvalue weighted by Crippen LogP contribution is -2.38. The van der Waals surface area contributed by atoms with Gasteiger partial charge in [0, 0.05) is 25.0 Å². The third-order valence-electron chi connectivity index (χ3n) is 4.53. The molecular weight excluding hydrogens is 343 g/mol. The summed E-state index contributed by atoms with van der Waals surface area (Å²) in [5.41, 5.74) is -0.187. The summed E-state index contributed by atoms with van der Waals surface area (Å²) in [6.07, 6.45) is -0.137. The molecule has 1 unspecified atom stereocenters. The molecule has 0 spiro atoms. The van der Waals surface area contributed by atoms with Crippen molar-refractivity contribution in [1.82, 2.24) is 19.9 Å². The Kier molecular flexibility index (Phi) is 4.28. The van der Waals surface area contributed by atoms with Crippen LogP contribution in [0.5, 0.6) is 0 Å². The third kappa shape index (κ3) is 3.24. The number of anilines is 1. The normalized spacial score (nSPS) is 18.2. The fraction of sp³-hybridized carbons (Fsp3) is 0.333. The van der Waals surface area contributed by atoms with Gasteiger partial charge in [-0.05, 0) is 36.9 Å². The minimum atomic E-state index is -4.54. The molecule has 3 heterocycles. The fourth-order valence-corrected chi connectivity index (χ4v) is 3.25. The maximum Gasteiger partial charge on any atom is 0.421 e. The van der Waals surface area contributed by atoms with Crippen LogP contribution in [0.25, 0.3) is 16.7 Å². The lowest BCUT2D eigenvalue weighted by molar-refractivity contribution is -0.137. The molecule has 0 radical (unpaired) electrons. The largest absolute Gasteiger partial charge is 0.421 e. The minimum absolute atomic E-state index is 0.106. The summed E-state index contributed by atoms with van der Waals surface area (Å²) in [6, 6.07) is 9.15. The van der Waals surface area contributed by atoms with E-state index in [2.05, 4.69) is 20.6 Å². The molecule has 1 saturated heterocycles. The highest BCUT2D eigenvalue weighted by molar-refractivity contribution is 5.81. The molecule has 1 aromatic carbocycles. The Balaban J connectivity index is 1.78. The highest BCUT2D eigenvalue weighted by Crippen LogP contribution is 2.34. The van der Waals surface area contributed by atoms with Crippen LogP contribution in [0.15, 0.2) is 42.7 Å². The fourth-order valence-electron chi connectivity index (χ4n) is 3.25. The van der Waals surface area contributed by atoms with E-state index in [0.29, 0.717) is 5.52 Å². The van der Waals surface area contributed by atoms with Gasteiger partial charge in [0.25, 0.3) is 0 Å². The van der Waals surface area contributed by atoms with E-state index in [4.69, 9.17) is 0 Å². The van der Waals surface area contributed by atoms with Crippen molar-refractivity contribution >= 4 is 16.9 Å². The number of rotatable bonds is 3. The SMILES string of the molecule is FC(F)(F)c1cnc(NC2CCCNC2)nc1-n1ccc2ccccc21. The molecule has 1 atom stereocenters. The van der Waals surface area contributed by atoms with E-state index >= 15 is 0 Å². The molecule has 2 aromatic heterocycles. The van der Waals surface area contributed by atoms with Crippen LogP contribution in [-0.4, -0.2) is 33.7 Å². The number of aromatic nitrogens is 3. The van der Waals surface area contributed by atoms with Crippen LogP contribution < -0.4 is 10.6 Å². The molecule has 1 aliphatic rings. The van der Waals surface area contributed by atoms with E-state index in [1.165, 1.54) is 4.57 Å². The second-order valence-corrected chi connectivity index (χ2v) is 6.36. The molecule has 5 nitrogen and oxygen atoms in total. The summed E-state index contributed by atoms with van der Waals surface area (Å²) < 4.78 is 42.0. The van der Waals surface area contributed by atoms with Crippen molar-refractivity contribution in [3.8, 4) is 5.82 Å². The Bertz CT molecular complexity index is 913. The minimum Gasteiger partial charge on any atom is -0.350 e. The monoisotopic (exact) mass is 361 g/mol. The van der Waals surface area contributed by atoms with Gasteiger partial charge in [-0.3, -0.25) is 0 Å². The van der Waals surface area contributed by atoms with Crippen LogP contribution in [0.3, 0.4) is 0 Å². The van der Waals surface area contributed by atoms with Gasteiger partial charge < -0.3 is 15.2 Å². The first kappa shape index (κ1) is 16.8. The van der Waals surface area contributed by atoms with E-state index in [-0.39, 0.29) is 17.8 Å². The average molecular weight is 361 g/mol. The Morgan fingerprint density at radius 1 is 1.19 bits per heavy atom. The zero-order chi connectivity index (χ0) is 18.1. The van der Waals surface area contributed by atoms with Crippen molar-refractivity contribution in [2.75, 3.05) is 18.4 Å². The summed E-state index contributed by atoms with van der Waals surface area (Å²) >= 11 is 0. The average Bonchev–Trinajstić information content (AvgIpc) is 3.05. The number of piperidine rings is 1. The van der Waals surface area contributed by atoms with E-state index in [0.717, 1.165) is 37.5 Å². The Morgan fingerprint density at radius 2 is 2.04 bits per heavy atom. The van der Waals surface area contributed by atoms with E-state index < -0.39 is 11.7 Å². The topological polar surface area (TPSA) is 54.8 Å². The van der Waals surface area contributed by atoms with Crippen molar-refractivity contribution in [2.24, 2.45) is 0 Å². The molecule has 0 aliphatic carbocycles. The van der Waals surface area contributed by atoms with E-state index in [9.17, 15) is 13.2 Å². The van der Waals surface area contributed by atoms with Crippen LogP contribution in [-0.2, 0) is 6.18 Å². The molecule has 0 saturated carbocycles. The molecule has 0 amide bonds. The van der Waals surface area contributed by atoms with Gasteiger partial charge in [-0.1, -0.05) is 18.2 Å². The summed E-state index contributed by atoms with van der Waals surface area (Å²) in [6.45, 7) is 1.69. The van der Waals surface area contributed by atoms with Gasteiger partial charge in [0.2, 0.25) is 5.95 Å². The smallest absolute Gasteiger partial charge is 0.350 e. The number of hydrogen-bond acceptors (Lipinski definition) is 4. The molecular formula is C18H18F3N5. The molecule has 26 heavy (non-hydrogen) atoms. The second kappa shape index (κ2) is 6.60. The molecule has 1 fully saturated rings. The molecule has 1 aliphatic heterocycles. The maximum absolute atomic E-state index is 13.5. The van der Waals surface area contributed by atoms with E-state index in [1.807, 2.05) is 12.1 Å². The summed E-state index contributed by atoms with van der Waals surface area (Å²) in [7, 11) is 0. The van der Waals surface area contributed by atoms with Crippen LogP contribution in [0, 0.1) is 0 Å². The van der Waals surface area contributed by atoms with Crippen molar-refractivity contribution in [2.45, 2.75) is 25.1 Å². The number of nitrogens with zero attached hydrogens (tertiary/aromatic N) is 3. The molecule has 3 aromatic rings. The molecule has 2 N–H and O–H groups in total. The molecule has 8 heteroatoms.